The average Bonchev–Trinajstić information content (AvgIpc) is 3.04. The summed E-state index contributed by atoms with van der Waals surface area (Å²) in [6.07, 6.45) is 34.6. The largest absolute Gasteiger partial charge is 0.472 e. The number of hydrogen-bond acceptors (Lipinski definition) is 7. The van der Waals surface area contributed by atoms with E-state index in [1.165, 1.54) is 57.8 Å². The number of carbonyl (C=O) groups is 2. The molecule has 49 heavy (non-hydrogen) atoms. The number of unbranched alkanes of at least 4 members (excludes halogenated alkanes) is 11. The van der Waals surface area contributed by atoms with Gasteiger partial charge in [0.05, 0.1) is 27.7 Å². The van der Waals surface area contributed by atoms with Crippen molar-refractivity contribution in [3.63, 3.8) is 0 Å². The molecule has 9 nitrogen and oxygen atoms in total. The normalized spacial score (nSPS) is 14.3. The maximum Gasteiger partial charge on any atom is 0.472 e. The second-order valence-electron chi connectivity index (χ2n) is 13.6. The van der Waals surface area contributed by atoms with E-state index in [1.54, 1.807) is 0 Å². The van der Waals surface area contributed by atoms with Crippen molar-refractivity contribution in [2.75, 3.05) is 47.5 Å². The molecular weight excluding hydrogens is 641 g/mol. The highest BCUT2D eigenvalue weighted by molar-refractivity contribution is 7.47. The van der Waals surface area contributed by atoms with Crippen molar-refractivity contribution >= 4 is 19.8 Å². The Kier molecular flexibility index (Phi) is 30.6. The van der Waals surface area contributed by atoms with Gasteiger partial charge < -0.3 is 18.9 Å². The van der Waals surface area contributed by atoms with Crippen molar-refractivity contribution in [2.45, 2.75) is 142 Å². The van der Waals surface area contributed by atoms with Gasteiger partial charge in [-0.15, -0.1) is 0 Å². The van der Waals surface area contributed by atoms with Crippen LogP contribution in [0.3, 0.4) is 0 Å². The van der Waals surface area contributed by atoms with Crippen molar-refractivity contribution in [3.05, 3.63) is 48.6 Å². The van der Waals surface area contributed by atoms with Gasteiger partial charge in [-0.2, -0.15) is 0 Å². The molecule has 0 saturated heterocycles. The number of likely N-dealkylation sites (N-methyl/N-ethyl adjacent to an activating group) is 1. The lowest BCUT2D eigenvalue weighted by Gasteiger charge is -2.24. The van der Waals surface area contributed by atoms with Crippen LogP contribution in [0.15, 0.2) is 48.6 Å². The van der Waals surface area contributed by atoms with Crippen molar-refractivity contribution < 1.29 is 42.1 Å². The number of ether oxygens (including phenoxy) is 2. The quantitative estimate of drug-likeness (QED) is 0.0236. The van der Waals surface area contributed by atoms with Crippen LogP contribution in [0.1, 0.15) is 136 Å². The van der Waals surface area contributed by atoms with E-state index >= 15 is 0 Å². The van der Waals surface area contributed by atoms with E-state index in [0.29, 0.717) is 23.9 Å². The Bertz CT molecular complexity index is 986. The number of phosphoric acid groups is 1. The van der Waals surface area contributed by atoms with Gasteiger partial charge in [0.25, 0.3) is 0 Å². The fourth-order valence-corrected chi connectivity index (χ4v) is 5.33. The number of allylic oxidation sites excluding steroid dienone is 8. The molecule has 1 unspecified atom stereocenters. The highest BCUT2D eigenvalue weighted by Gasteiger charge is 2.27. The molecule has 0 aliphatic carbocycles. The van der Waals surface area contributed by atoms with Crippen LogP contribution < -0.4 is 0 Å². The van der Waals surface area contributed by atoms with E-state index in [9.17, 15) is 19.0 Å². The maximum atomic E-state index is 12.6. The van der Waals surface area contributed by atoms with Gasteiger partial charge in [-0.05, 0) is 51.4 Å². The van der Waals surface area contributed by atoms with Gasteiger partial charge in [-0.25, -0.2) is 4.57 Å². The highest BCUT2D eigenvalue weighted by atomic mass is 31.2. The van der Waals surface area contributed by atoms with Gasteiger partial charge >= 0.3 is 19.8 Å². The van der Waals surface area contributed by atoms with E-state index in [-0.39, 0.29) is 32.0 Å². The molecule has 0 amide bonds. The summed E-state index contributed by atoms with van der Waals surface area (Å²) >= 11 is 0. The van der Waals surface area contributed by atoms with E-state index in [1.807, 2.05) is 27.2 Å². The monoisotopic (exact) mass is 712 g/mol. The SMILES string of the molecule is CCCCC/C=C/C/C=C/C/C=C/C/C=C/CCCC(=O)O[C@H](COC(=O)CCCCCCCCCC)COP(=O)(O)OCC[N+](C)(C)C. The molecule has 0 bridgehead atoms. The van der Waals surface area contributed by atoms with Crippen molar-refractivity contribution in [2.24, 2.45) is 0 Å². The van der Waals surface area contributed by atoms with Gasteiger partial charge in [0, 0.05) is 12.8 Å². The summed E-state index contributed by atoms with van der Waals surface area (Å²) in [5, 5.41) is 0. The molecule has 0 aliphatic heterocycles. The summed E-state index contributed by atoms with van der Waals surface area (Å²) in [6, 6.07) is 0. The standard InChI is InChI=1S/C39H70NO8P/c1-6-8-10-12-14-16-17-18-19-20-21-22-23-24-26-28-30-32-39(42)48-37(36-47-49(43,44)46-34-33-40(3,4)5)35-45-38(41)31-29-27-25-15-13-11-9-7-2/h14,16,18-19,21-22,24,26,37H,6-13,15,17,20,23,25,27-36H2,1-5H3/p+1/b16-14+,19-18+,22-21+,26-24+/t37-/m1/s1. The number of phosphoric ester groups is 1. The Labute approximate surface area is 299 Å². The van der Waals surface area contributed by atoms with Crippen LogP contribution in [0.2, 0.25) is 0 Å². The first-order chi connectivity index (χ1) is 23.5. The van der Waals surface area contributed by atoms with Gasteiger partial charge in [0.1, 0.15) is 19.8 Å². The first-order valence-corrected chi connectivity index (χ1v) is 20.4. The number of rotatable bonds is 33. The Morgan fingerprint density at radius 3 is 1.69 bits per heavy atom. The van der Waals surface area contributed by atoms with Crippen LogP contribution >= 0.6 is 7.82 Å². The van der Waals surface area contributed by atoms with Crippen LogP contribution in [0.4, 0.5) is 0 Å². The van der Waals surface area contributed by atoms with E-state index in [2.05, 4.69) is 56.4 Å². The number of hydrogen-bond donors (Lipinski definition) is 1. The molecule has 0 spiro atoms. The van der Waals surface area contributed by atoms with Gasteiger partial charge in [-0.3, -0.25) is 18.6 Å². The lowest BCUT2D eigenvalue weighted by Crippen LogP contribution is -2.37. The minimum absolute atomic E-state index is 0.0206. The maximum absolute atomic E-state index is 12.6. The molecule has 2 atom stereocenters. The summed E-state index contributed by atoms with van der Waals surface area (Å²) in [4.78, 5) is 35.0. The second kappa shape index (κ2) is 31.9. The zero-order chi connectivity index (χ0) is 36.5. The Hall–Kier alpha value is -2.03. The van der Waals surface area contributed by atoms with Crippen LogP contribution in [0.25, 0.3) is 0 Å². The second-order valence-corrected chi connectivity index (χ2v) is 15.1. The fraction of sp³-hybridized carbons (Fsp3) is 0.744. The topological polar surface area (TPSA) is 108 Å². The van der Waals surface area contributed by atoms with Crippen LogP contribution in [0.5, 0.6) is 0 Å². The minimum Gasteiger partial charge on any atom is -0.462 e. The summed E-state index contributed by atoms with van der Waals surface area (Å²) < 4.78 is 34.0. The predicted molar refractivity (Wildman–Crippen MR) is 201 cm³/mol. The lowest BCUT2D eigenvalue weighted by molar-refractivity contribution is -0.870. The summed E-state index contributed by atoms with van der Waals surface area (Å²) in [7, 11) is 1.43. The first-order valence-electron chi connectivity index (χ1n) is 18.9. The van der Waals surface area contributed by atoms with E-state index in [0.717, 1.165) is 38.5 Å². The number of quaternary nitrogens is 1. The van der Waals surface area contributed by atoms with E-state index < -0.39 is 26.5 Å². The number of carbonyl (C=O) groups excluding carboxylic acids is 2. The molecule has 0 heterocycles. The summed E-state index contributed by atoms with van der Waals surface area (Å²) in [6.45, 7) is 4.26. The van der Waals surface area contributed by atoms with E-state index in [4.69, 9.17) is 18.5 Å². The molecule has 0 aromatic heterocycles. The Balaban J connectivity index is 4.54. The Morgan fingerprint density at radius 1 is 0.633 bits per heavy atom. The molecular formula is C39H71NO8P+. The first kappa shape index (κ1) is 47.0. The van der Waals surface area contributed by atoms with Crippen molar-refractivity contribution in [1.29, 1.82) is 0 Å². The molecule has 0 aliphatic rings. The van der Waals surface area contributed by atoms with Gasteiger partial charge in [-0.1, -0.05) is 120 Å². The molecule has 0 aromatic carbocycles. The van der Waals surface area contributed by atoms with Crippen LogP contribution in [-0.4, -0.2) is 74.9 Å². The number of nitrogens with zero attached hydrogens (tertiary/aromatic N) is 1. The van der Waals surface area contributed by atoms with Crippen LogP contribution in [0, 0.1) is 0 Å². The third kappa shape index (κ3) is 35.6. The zero-order valence-electron chi connectivity index (χ0n) is 31.7. The van der Waals surface area contributed by atoms with Crippen molar-refractivity contribution in [3.8, 4) is 0 Å². The molecule has 284 valence electrons. The molecule has 0 rings (SSSR count). The molecule has 1 N–H and O–H groups in total. The molecule has 0 radical (unpaired) electrons. The van der Waals surface area contributed by atoms with Crippen LogP contribution in [-0.2, 0) is 32.7 Å². The smallest absolute Gasteiger partial charge is 0.462 e. The molecule has 10 heteroatoms. The third-order valence-electron chi connectivity index (χ3n) is 7.61. The summed E-state index contributed by atoms with van der Waals surface area (Å²) in [5.74, 6) is -0.874. The molecule has 0 fully saturated rings. The minimum atomic E-state index is -4.38. The number of esters is 2. The lowest BCUT2D eigenvalue weighted by atomic mass is 10.1. The Morgan fingerprint density at radius 2 is 1.12 bits per heavy atom. The molecule has 0 saturated carbocycles. The highest BCUT2D eigenvalue weighted by Crippen LogP contribution is 2.43. The predicted octanol–water partition coefficient (Wildman–Crippen LogP) is 9.96. The fourth-order valence-electron chi connectivity index (χ4n) is 4.59. The van der Waals surface area contributed by atoms with Gasteiger partial charge in [0.2, 0.25) is 0 Å². The van der Waals surface area contributed by atoms with Gasteiger partial charge in [0.15, 0.2) is 6.10 Å². The molecule has 0 aromatic rings. The third-order valence-corrected chi connectivity index (χ3v) is 8.60. The zero-order valence-corrected chi connectivity index (χ0v) is 32.6. The average molecular weight is 713 g/mol. The van der Waals surface area contributed by atoms with Crippen molar-refractivity contribution in [1.82, 2.24) is 0 Å². The summed E-state index contributed by atoms with van der Waals surface area (Å²) in [5.41, 5.74) is 0.